The van der Waals surface area contributed by atoms with E-state index in [0.29, 0.717) is 24.3 Å². The predicted octanol–water partition coefficient (Wildman–Crippen LogP) is 2.98. The van der Waals surface area contributed by atoms with Crippen molar-refractivity contribution < 1.29 is 9.59 Å². The van der Waals surface area contributed by atoms with E-state index in [2.05, 4.69) is 35.0 Å². The summed E-state index contributed by atoms with van der Waals surface area (Å²) in [5.41, 5.74) is 0.621. The highest BCUT2D eigenvalue weighted by molar-refractivity contribution is 5.97. The zero-order valence-corrected chi connectivity index (χ0v) is 20.2. The third-order valence-corrected chi connectivity index (χ3v) is 8.97. The molecular weight excluding hydrogens is 414 g/mol. The van der Waals surface area contributed by atoms with Gasteiger partial charge in [-0.15, -0.1) is 0 Å². The lowest BCUT2D eigenvalue weighted by Crippen LogP contribution is -2.56. The summed E-state index contributed by atoms with van der Waals surface area (Å²) >= 11 is 0. The van der Waals surface area contributed by atoms with Gasteiger partial charge in [0.05, 0.1) is 12.0 Å². The van der Waals surface area contributed by atoms with Gasteiger partial charge in [0, 0.05) is 36.9 Å². The molecule has 5 aliphatic rings. The van der Waals surface area contributed by atoms with Crippen LogP contribution in [0, 0.1) is 23.2 Å². The van der Waals surface area contributed by atoms with Gasteiger partial charge < -0.3 is 15.1 Å². The highest BCUT2D eigenvalue weighted by Crippen LogP contribution is 2.48. The van der Waals surface area contributed by atoms with Gasteiger partial charge in [-0.2, -0.15) is 5.26 Å². The van der Waals surface area contributed by atoms with Crippen molar-refractivity contribution in [2.75, 3.05) is 13.1 Å². The third kappa shape index (κ3) is 3.95. The fourth-order valence-electron chi connectivity index (χ4n) is 7.40. The van der Waals surface area contributed by atoms with Gasteiger partial charge in [0.15, 0.2) is 0 Å². The molecule has 4 fully saturated rings. The van der Waals surface area contributed by atoms with Crippen molar-refractivity contribution >= 4 is 11.8 Å². The first-order chi connectivity index (χ1) is 16.0. The topological polar surface area (TPSA) is 79.7 Å². The average Bonchev–Trinajstić information content (AvgIpc) is 3.56. The molecule has 0 bridgehead atoms. The highest BCUT2D eigenvalue weighted by Gasteiger charge is 2.57. The van der Waals surface area contributed by atoms with Crippen molar-refractivity contribution in [3.05, 3.63) is 11.9 Å². The molecule has 7 nitrogen and oxygen atoms in total. The van der Waals surface area contributed by atoms with E-state index >= 15 is 0 Å². The van der Waals surface area contributed by atoms with E-state index in [1.54, 1.807) is 0 Å². The number of fused-ring (bicyclic) bond motifs is 3. The summed E-state index contributed by atoms with van der Waals surface area (Å²) in [6.07, 6.45) is 12.5. The minimum absolute atomic E-state index is 0.0428. The monoisotopic (exact) mass is 453 g/mol. The second-order valence-corrected chi connectivity index (χ2v) is 11.1. The number of hydrogen-bond donors (Lipinski definition) is 1. The molecule has 4 unspecified atom stereocenters. The molecule has 1 N–H and O–H groups in total. The molecule has 5 atom stereocenters. The van der Waals surface area contributed by atoms with Gasteiger partial charge in [0.2, 0.25) is 0 Å². The largest absolute Gasteiger partial charge is 0.349 e. The Labute approximate surface area is 198 Å². The van der Waals surface area contributed by atoms with Gasteiger partial charge in [-0.3, -0.25) is 14.5 Å². The van der Waals surface area contributed by atoms with E-state index < -0.39 is 6.04 Å². The van der Waals surface area contributed by atoms with Crippen molar-refractivity contribution in [3.63, 3.8) is 0 Å². The summed E-state index contributed by atoms with van der Waals surface area (Å²) in [5, 5.41) is 13.3. The Bertz CT molecular complexity index is 842. The zero-order chi connectivity index (χ0) is 23.1. The molecule has 0 spiro atoms. The molecular formula is C26H39N5O2. The lowest BCUT2D eigenvalue weighted by molar-refractivity contribution is -0.138. The molecule has 0 aromatic heterocycles. The minimum Gasteiger partial charge on any atom is -0.349 e. The molecule has 2 aliphatic carbocycles. The highest BCUT2D eigenvalue weighted by atomic mass is 16.2. The summed E-state index contributed by atoms with van der Waals surface area (Å²) in [6.45, 7) is 6.16. The van der Waals surface area contributed by atoms with Gasteiger partial charge in [-0.1, -0.05) is 25.7 Å². The Kier molecular flexibility index (Phi) is 6.39. The minimum atomic E-state index is -0.506. The van der Waals surface area contributed by atoms with Crippen molar-refractivity contribution in [1.82, 2.24) is 20.0 Å². The predicted molar refractivity (Wildman–Crippen MR) is 126 cm³/mol. The van der Waals surface area contributed by atoms with Crippen molar-refractivity contribution in [1.29, 1.82) is 5.26 Å². The van der Waals surface area contributed by atoms with E-state index in [0.717, 1.165) is 64.3 Å². The van der Waals surface area contributed by atoms with E-state index in [1.807, 2.05) is 11.1 Å². The van der Waals surface area contributed by atoms with Gasteiger partial charge in [-0.05, 0) is 64.8 Å². The van der Waals surface area contributed by atoms with Crippen LogP contribution in [0.5, 0.6) is 0 Å². The first-order valence-corrected chi connectivity index (χ1v) is 13.3. The molecule has 0 radical (unpaired) electrons. The van der Waals surface area contributed by atoms with Gasteiger partial charge in [-0.25, -0.2) is 0 Å². The molecule has 0 aromatic rings. The van der Waals surface area contributed by atoms with Crippen LogP contribution >= 0.6 is 0 Å². The van der Waals surface area contributed by atoms with Crippen LogP contribution in [0.2, 0.25) is 0 Å². The van der Waals surface area contributed by atoms with Crippen LogP contribution in [0.3, 0.4) is 0 Å². The van der Waals surface area contributed by atoms with Crippen molar-refractivity contribution in [2.24, 2.45) is 11.8 Å². The second kappa shape index (κ2) is 9.29. The van der Waals surface area contributed by atoms with Gasteiger partial charge >= 0.3 is 0 Å². The number of likely N-dealkylation sites (tertiary alicyclic amines) is 1. The average molecular weight is 454 g/mol. The first-order valence-electron chi connectivity index (χ1n) is 13.3. The maximum atomic E-state index is 13.7. The standard InChI is InChI=1S/C26H39N5O2/c1-17(2)29-13-7-10-19(29)15-28-25(32)23-16-30(18-8-3-4-9-18)26(33)24-21(14-27)20-11-5-6-12-22(20)31(23)24/h16-22,24H,3-13,15H2,1-2H3,(H,28,32)/t19-,20?,21?,22?,24?/m0/s1. The van der Waals surface area contributed by atoms with Crippen LogP contribution < -0.4 is 5.32 Å². The fourth-order valence-corrected chi connectivity index (χ4v) is 7.40. The van der Waals surface area contributed by atoms with E-state index in [-0.39, 0.29) is 35.7 Å². The Morgan fingerprint density at radius 1 is 1.12 bits per heavy atom. The molecule has 2 saturated carbocycles. The number of carbonyl (C=O) groups is 2. The third-order valence-electron chi connectivity index (χ3n) is 8.97. The normalized spacial score (nSPS) is 34.9. The van der Waals surface area contributed by atoms with Crippen LogP contribution in [0.25, 0.3) is 0 Å². The van der Waals surface area contributed by atoms with Crippen LogP contribution in [0.15, 0.2) is 11.9 Å². The number of rotatable bonds is 5. The summed E-state index contributed by atoms with van der Waals surface area (Å²) in [4.78, 5) is 33.8. The number of nitriles is 1. The summed E-state index contributed by atoms with van der Waals surface area (Å²) in [5.74, 6) is -0.173. The van der Waals surface area contributed by atoms with Crippen LogP contribution in [-0.4, -0.2) is 69.8 Å². The molecule has 7 heteroatoms. The lowest BCUT2D eigenvalue weighted by Gasteiger charge is -2.42. The van der Waals surface area contributed by atoms with Crippen molar-refractivity contribution in [3.8, 4) is 6.07 Å². The summed E-state index contributed by atoms with van der Waals surface area (Å²) in [7, 11) is 0. The van der Waals surface area contributed by atoms with E-state index in [4.69, 9.17) is 0 Å². The summed E-state index contributed by atoms with van der Waals surface area (Å²) < 4.78 is 0. The number of amides is 2. The van der Waals surface area contributed by atoms with E-state index in [9.17, 15) is 14.9 Å². The lowest BCUT2D eigenvalue weighted by atomic mass is 9.79. The van der Waals surface area contributed by atoms with E-state index in [1.165, 1.54) is 6.42 Å². The molecule has 3 heterocycles. The Hall–Kier alpha value is -2.07. The molecule has 3 aliphatic heterocycles. The van der Waals surface area contributed by atoms with Gasteiger partial charge in [0.25, 0.3) is 11.8 Å². The zero-order valence-electron chi connectivity index (χ0n) is 20.2. The number of nitrogens with one attached hydrogen (secondary N) is 1. The smallest absolute Gasteiger partial charge is 0.269 e. The van der Waals surface area contributed by atoms with Gasteiger partial charge in [0.1, 0.15) is 11.7 Å². The Balaban J connectivity index is 1.42. The molecule has 180 valence electrons. The molecule has 2 saturated heterocycles. The second-order valence-electron chi connectivity index (χ2n) is 11.1. The molecule has 2 amide bonds. The fraction of sp³-hybridized carbons (Fsp3) is 0.808. The van der Waals surface area contributed by atoms with Crippen LogP contribution in [0.1, 0.15) is 78.1 Å². The molecule has 33 heavy (non-hydrogen) atoms. The molecule has 0 aromatic carbocycles. The summed E-state index contributed by atoms with van der Waals surface area (Å²) in [6, 6.07) is 3.13. The SMILES string of the molecule is CC(C)N1CCC[C@H]1CNC(=O)C1=CN(C2CCCC2)C(=O)C2C(C#N)C3CCCCC3N12. The maximum absolute atomic E-state index is 13.7. The quantitative estimate of drug-likeness (QED) is 0.692. The van der Waals surface area contributed by atoms with Crippen LogP contribution in [0.4, 0.5) is 0 Å². The Morgan fingerprint density at radius 3 is 2.58 bits per heavy atom. The molecule has 5 rings (SSSR count). The number of nitrogens with zero attached hydrogens (tertiary/aromatic N) is 4. The maximum Gasteiger partial charge on any atom is 0.269 e. The Morgan fingerprint density at radius 2 is 1.85 bits per heavy atom. The number of carbonyl (C=O) groups excluding carboxylic acids is 2. The number of hydrogen-bond acceptors (Lipinski definition) is 5. The van der Waals surface area contributed by atoms with Crippen LogP contribution in [-0.2, 0) is 9.59 Å². The van der Waals surface area contributed by atoms with Crippen molar-refractivity contribution in [2.45, 2.75) is 108 Å². The first kappa shape index (κ1) is 22.7.